The Balaban J connectivity index is 3.21. The topological polar surface area (TPSA) is 63.3 Å². The summed E-state index contributed by atoms with van der Waals surface area (Å²) in [6, 6.07) is 3.57. The highest BCUT2D eigenvalue weighted by molar-refractivity contribution is 5.93. The van der Waals surface area contributed by atoms with Crippen molar-refractivity contribution in [3.63, 3.8) is 0 Å². The molecule has 1 aromatic carbocycles. The van der Waals surface area contributed by atoms with Crippen LogP contribution in [0.25, 0.3) is 0 Å². The summed E-state index contributed by atoms with van der Waals surface area (Å²) in [6.07, 6.45) is -1.93. The molecule has 17 heavy (non-hydrogen) atoms. The zero-order valence-corrected chi connectivity index (χ0v) is 8.87. The molecule has 1 unspecified atom stereocenters. The van der Waals surface area contributed by atoms with E-state index in [0.29, 0.717) is 0 Å². The first-order valence-corrected chi connectivity index (χ1v) is 4.92. The summed E-state index contributed by atoms with van der Waals surface area (Å²) < 4.78 is 39.6. The second kappa shape index (κ2) is 5.67. The van der Waals surface area contributed by atoms with Crippen LogP contribution in [0.4, 0.5) is 13.2 Å². The van der Waals surface area contributed by atoms with Crippen LogP contribution in [-0.4, -0.2) is 30.5 Å². The number of alkyl halides is 2. The number of hydrogen-bond acceptors (Lipinski definition) is 2. The first kappa shape index (κ1) is 13.5. The molecule has 0 aromatic heterocycles. The Hall–Kier alpha value is -1.56. The molecule has 0 saturated heterocycles. The van der Waals surface area contributed by atoms with Crippen LogP contribution in [-0.2, 0) is 0 Å². The van der Waals surface area contributed by atoms with Crippen LogP contribution in [0.3, 0.4) is 0 Å². The van der Waals surface area contributed by atoms with Crippen LogP contribution in [0.2, 0.25) is 0 Å². The van der Waals surface area contributed by atoms with Crippen LogP contribution in [0.1, 0.15) is 21.8 Å². The minimum Gasteiger partial charge on any atom is -0.393 e. The van der Waals surface area contributed by atoms with Gasteiger partial charge in [-0.1, -0.05) is 12.1 Å². The van der Waals surface area contributed by atoms with Crippen molar-refractivity contribution in [3.8, 4) is 0 Å². The smallest absolute Gasteiger partial charge is 0.251 e. The van der Waals surface area contributed by atoms with E-state index >= 15 is 0 Å². The molecule has 94 valence electrons. The van der Waals surface area contributed by atoms with E-state index in [4.69, 9.17) is 10.8 Å². The molecule has 6 heteroatoms. The third kappa shape index (κ3) is 2.76. The van der Waals surface area contributed by atoms with Crippen molar-refractivity contribution in [1.82, 2.24) is 0 Å². The van der Waals surface area contributed by atoms with Crippen LogP contribution < -0.4 is 5.73 Å². The minimum absolute atomic E-state index is 0.301. The minimum atomic E-state index is -1.93. The zero-order chi connectivity index (χ0) is 13.0. The van der Waals surface area contributed by atoms with Gasteiger partial charge in [0, 0.05) is 5.92 Å². The molecule has 1 rings (SSSR count). The third-order valence-corrected chi connectivity index (χ3v) is 2.47. The van der Waals surface area contributed by atoms with Crippen molar-refractivity contribution in [2.45, 2.75) is 12.1 Å². The quantitative estimate of drug-likeness (QED) is 0.824. The van der Waals surface area contributed by atoms with E-state index in [1.807, 2.05) is 0 Å². The Kier molecular flexibility index (Phi) is 4.51. The molecule has 0 saturated carbocycles. The van der Waals surface area contributed by atoms with Gasteiger partial charge in [0.1, 0.15) is 12.0 Å². The highest BCUT2D eigenvalue weighted by Crippen LogP contribution is 2.26. The number of benzene rings is 1. The maximum atomic E-state index is 13.7. The normalized spacial score (nSPS) is 14.4. The first-order chi connectivity index (χ1) is 8.02. The van der Waals surface area contributed by atoms with Crippen molar-refractivity contribution >= 4 is 5.91 Å². The van der Waals surface area contributed by atoms with Crippen LogP contribution in [0.5, 0.6) is 0 Å². The SMILES string of the molecule is NC(=O)c1cccc(C(CF)[C@@H](F)CO)c1F. The molecule has 0 heterocycles. The van der Waals surface area contributed by atoms with Gasteiger partial charge in [-0.05, 0) is 11.6 Å². The maximum absolute atomic E-state index is 13.7. The average molecular weight is 247 g/mol. The molecule has 0 spiro atoms. The third-order valence-electron chi connectivity index (χ3n) is 2.47. The summed E-state index contributed by atoms with van der Waals surface area (Å²) >= 11 is 0. The van der Waals surface area contributed by atoms with E-state index in [1.165, 1.54) is 6.07 Å². The molecular weight excluding hydrogens is 235 g/mol. The molecule has 0 aliphatic rings. The summed E-state index contributed by atoms with van der Waals surface area (Å²) in [5.41, 5.74) is 4.19. The molecular formula is C11H12F3NO2. The monoisotopic (exact) mass is 247 g/mol. The summed E-state index contributed by atoms with van der Waals surface area (Å²) in [5, 5.41) is 8.61. The summed E-state index contributed by atoms with van der Waals surface area (Å²) in [5.74, 6) is -3.50. The van der Waals surface area contributed by atoms with E-state index in [1.54, 1.807) is 0 Å². The fraction of sp³-hybridized carbons (Fsp3) is 0.364. The predicted octanol–water partition coefficient (Wildman–Crippen LogP) is 1.31. The lowest BCUT2D eigenvalue weighted by atomic mass is 9.93. The van der Waals surface area contributed by atoms with Crippen molar-refractivity contribution in [2.24, 2.45) is 5.73 Å². The van der Waals surface area contributed by atoms with Gasteiger partial charge in [0.25, 0.3) is 5.91 Å². The Bertz CT molecular complexity index is 412. The lowest BCUT2D eigenvalue weighted by Crippen LogP contribution is -2.22. The molecule has 1 amide bonds. The number of halogens is 3. The number of rotatable bonds is 5. The van der Waals surface area contributed by atoms with E-state index in [-0.39, 0.29) is 5.56 Å². The molecule has 0 aliphatic carbocycles. The Morgan fingerprint density at radius 3 is 2.59 bits per heavy atom. The highest BCUT2D eigenvalue weighted by atomic mass is 19.1. The number of nitrogens with two attached hydrogens (primary N) is 1. The van der Waals surface area contributed by atoms with Crippen molar-refractivity contribution in [1.29, 1.82) is 0 Å². The summed E-state index contributed by atoms with van der Waals surface area (Å²) in [7, 11) is 0. The van der Waals surface area contributed by atoms with Crippen molar-refractivity contribution in [2.75, 3.05) is 13.3 Å². The number of aliphatic hydroxyl groups is 1. The Morgan fingerprint density at radius 2 is 2.12 bits per heavy atom. The zero-order valence-electron chi connectivity index (χ0n) is 8.87. The molecule has 0 aliphatic heterocycles. The van der Waals surface area contributed by atoms with E-state index < -0.39 is 42.7 Å². The Labute approximate surface area is 96.0 Å². The molecule has 0 bridgehead atoms. The number of primary amides is 1. The predicted molar refractivity (Wildman–Crippen MR) is 55.6 cm³/mol. The second-order valence-electron chi connectivity index (χ2n) is 3.53. The second-order valence-corrected chi connectivity index (χ2v) is 3.53. The number of aliphatic hydroxyl groups excluding tert-OH is 1. The molecule has 1 aromatic rings. The average Bonchev–Trinajstić information content (AvgIpc) is 2.31. The highest BCUT2D eigenvalue weighted by Gasteiger charge is 2.26. The lowest BCUT2D eigenvalue weighted by Gasteiger charge is -2.18. The fourth-order valence-electron chi connectivity index (χ4n) is 1.53. The standard InChI is InChI=1S/C11H12F3NO2/c12-4-8(9(13)5-16)6-2-1-3-7(10(6)14)11(15)17/h1-3,8-9,16H,4-5H2,(H2,15,17)/t8?,9-/m0/s1. The maximum Gasteiger partial charge on any atom is 0.251 e. The molecule has 3 N–H and O–H groups in total. The summed E-state index contributed by atoms with van der Waals surface area (Å²) in [6.45, 7) is -2.10. The first-order valence-electron chi connectivity index (χ1n) is 4.92. The van der Waals surface area contributed by atoms with Gasteiger partial charge in [0.15, 0.2) is 0 Å². The van der Waals surface area contributed by atoms with Gasteiger partial charge in [-0.3, -0.25) is 9.18 Å². The van der Waals surface area contributed by atoms with Gasteiger partial charge in [-0.25, -0.2) is 8.78 Å². The van der Waals surface area contributed by atoms with Gasteiger partial charge in [-0.2, -0.15) is 0 Å². The molecule has 2 atom stereocenters. The number of amides is 1. The number of carbonyl (C=O) groups excluding carboxylic acids is 1. The number of carbonyl (C=O) groups is 1. The van der Waals surface area contributed by atoms with Crippen molar-refractivity contribution in [3.05, 3.63) is 35.1 Å². The van der Waals surface area contributed by atoms with E-state index in [2.05, 4.69) is 0 Å². The van der Waals surface area contributed by atoms with Crippen LogP contribution in [0.15, 0.2) is 18.2 Å². The lowest BCUT2D eigenvalue weighted by molar-refractivity contribution is 0.0995. The molecule has 0 radical (unpaired) electrons. The van der Waals surface area contributed by atoms with Crippen LogP contribution in [0, 0.1) is 5.82 Å². The Morgan fingerprint density at radius 1 is 1.47 bits per heavy atom. The van der Waals surface area contributed by atoms with Gasteiger partial charge in [0.05, 0.1) is 18.8 Å². The van der Waals surface area contributed by atoms with Gasteiger partial charge in [0.2, 0.25) is 0 Å². The number of hydrogen-bond donors (Lipinski definition) is 2. The van der Waals surface area contributed by atoms with Gasteiger partial charge >= 0.3 is 0 Å². The van der Waals surface area contributed by atoms with Gasteiger partial charge < -0.3 is 10.8 Å². The van der Waals surface area contributed by atoms with E-state index in [9.17, 15) is 18.0 Å². The fourth-order valence-corrected chi connectivity index (χ4v) is 1.53. The largest absolute Gasteiger partial charge is 0.393 e. The molecule has 0 fully saturated rings. The molecule has 3 nitrogen and oxygen atoms in total. The van der Waals surface area contributed by atoms with E-state index in [0.717, 1.165) is 12.1 Å². The van der Waals surface area contributed by atoms with Gasteiger partial charge in [-0.15, -0.1) is 0 Å². The van der Waals surface area contributed by atoms with Crippen LogP contribution >= 0.6 is 0 Å². The summed E-state index contributed by atoms with van der Waals surface area (Å²) in [4.78, 5) is 10.9. The van der Waals surface area contributed by atoms with Crippen molar-refractivity contribution < 1.29 is 23.1 Å².